The Hall–Kier alpha value is -1.20. The molecule has 0 amide bonds. The summed E-state index contributed by atoms with van der Waals surface area (Å²) in [5, 5.41) is 9.64. The number of benzene rings is 1. The molecular weight excluding hydrogens is 220 g/mol. The van der Waals surface area contributed by atoms with Gasteiger partial charge in [0.05, 0.1) is 16.3 Å². The summed E-state index contributed by atoms with van der Waals surface area (Å²) in [6.07, 6.45) is 2.12. The molecule has 16 heavy (non-hydrogen) atoms. The molecular formula is C13H17ClN2. The number of nitrogens with zero attached hydrogens (tertiary/aromatic N) is 2. The number of rotatable bonds is 4. The van der Waals surface area contributed by atoms with Gasteiger partial charge in [-0.2, -0.15) is 5.26 Å². The summed E-state index contributed by atoms with van der Waals surface area (Å²) >= 11 is 6.02. The predicted octanol–water partition coefficient (Wildman–Crippen LogP) is 3.84. The molecule has 0 saturated heterocycles. The van der Waals surface area contributed by atoms with Gasteiger partial charge in [0.25, 0.3) is 0 Å². The quantitative estimate of drug-likeness (QED) is 0.794. The highest BCUT2D eigenvalue weighted by atomic mass is 35.5. The lowest BCUT2D eigenvalue weighted by atomic mass is 10.1. The summed E-state index contributed by atoms with van der Waals surface area (Å²) in [4.78, 5) is 2.14. The highest BCUT2D eigenvalue weighted by molar-refractivity contribution is 6.32. The Balaban J connectivity index is 3.13. The maximum absolute atomic E-state index is 9.11. The molecule has 0 fully saturated rings. The maximum atomic E-state index is 9.11. The van der Waals surface area contributed by atoms with E-state index >= 15 is 0 Å². The van der Waals surface area contributed by atoms with E-state index in [1.54, 1.807) is 6.07 Å². The Morgan fingerprint density at radius 2 is 2.00 bits per heavy atom. The second kappa shape index (κ2) is 5.77. The fourth-order valence-corrected chi connectivity index (χ4v) is 2.16. The molecule has 86 valence electrons. The lowest BCUT2D eigenvalue weighted by Gasteiger charge is -2.29. The minimum atomic E-state index is 0.450. The van der Waals surface area contributed by atoms with Gasteiger partial charge in [-0.1, -0.05) is 31.5 Å². The van der Waals surface area contributed by atoms with Crippen molar-refractivity contribution in [3.8, 4) is 6.07 Å². The van der Waals surface area contributed by atoms with Crippen molar-refractivity contribution in [1.82, 2.24) is 0 Å². The molecule has 0 unspecified atom stereocenters. The summed E-state index contributed by atoms with van der Waals surface area (Å²) < 4.78 is 0. The van der Waals surface area contributed by atoms with Crippen LogP contribution in [0.2, 0.25) is 5.02 Å². The van der Waals surface area contributed by atoms with Crippen molar-refractivity contribution in [3.05, 3.63) is 28.8 Å². The first-order chi connectivity index (χ1) is 7.65. The largest absolute Gasteiger partial charge is 0.371 e. The van der Waals surface area contributed by atoms with Crippen molar-refractivity contribution in [1.29, 1.82) is 5.26 Å². The van der Waals surface area contributed by atoms with Crippen LogP contribution in [0.4, 0.5) is 5.69 Å². The second-order valence-electron chi connectivity index (χ2n) is 3.83. The van der Waals surface area contributed by atoms with Crippen LogP contribution in [0.1, 0.15) is 32.3 Å². The van der Waals surface area contributed by atoms with Crippen molar-refractivity contribution in [2.75, 3.05) is 11.9 Å². The molecule has 0 aliphatic carbocycles. The van der Waals surface area contributed by atoms with Crippen molar-refractivity contribution >= 4 is 17.3 Å². The third-order valence-corrected chi connectivity index (χ3v) is 3.29. The highest BCUT2D eigenvalue weighted by Crippen LogP contribution is 2.28. The number of hydrogen-bond donors (Lipinski definition) is 0. The third kappa shape index (κ3) is 2.48. The first-order valence-corrected chi connectivity index (χ1v) is 5.94. The summed E-state index contributed by atoms with van der Waals surface area (Å²) in [6, 6.07) is 8.21. The van der Waals surface area contributed by atoms with Crippen LogP contribution in [-0.4, -0.2) is 13.1 Å². The van der Waals surface area contributed by atoms with E-state index in [4.69, 9.17) is 16.9 Å². The topological polar surface area (TPSA) is 27.0 Å². The molecule has 0 aromatic heterocycles. The molecule has 0 radical (unpaired) electrons. The number of nitriles is 1. The average molecular weight is 237 g/mol. The molecule has 3 heteroatoms. The van der Waals surface area contributed by atoms with Crippen LogP contribution < -0.4 is 4.90 Å². The second-order valence-corrected chi connectivity index (χ2v) is 4.23. The van der Waals surface area contributed by atoms with Crippen molar-refractivity contribution in [3.63, 3.8) is 0 Å². The van der Waals surface area contributed by atoms with Crippen molar-refractivity contribution in [2.45, 2.75) is 32.7 Å². The molecule has 0 spiro atoms. The van der Waals surface area contributed by atoms with Crippen LogP contribution >= 0.6 is 11.6 Å². The summed E-state index contributed by atoms with van der Waals surface area (Å²) in [7, 11) is 2.02. The molecule has 0 aliphatic rings. The van der Waals surface area contributed by atoms with Gasteiger partial charge in [0, 0.05) is 13.1 Å². The summed E-state index contributed by atoms with van der Waals surface area (Å²) in [6.45, 7) is 4.31. The van der Waals surface area contributed by atoms with Gasteiger partial charge >= 0.3 is 0 Å². The standard InChI is InChI=1S/C13H17ClN2/c1-4-10(5-2)16(3)13-8-6-7-12(14)11(13)9-15/h6-8,10H,4-5H2,1-3H3. The Labute approximate surface area is 102 Å². The van der Waals surface area contributed by atoms with E-state index in [0.717, 1.165) is 18.5 Å². The summed E-state index contributed by atoms with van der Waals surface area (Å²) in [5.41, 5.74) is 1.49. The fraction of sp³-hybridized carbons (Fsp3) is 0.462. The molecule has 0 saturated carbocycles. The molecule has 0 atom stereocenters. The van der Waals surface area contributed by atoms with E-state index < -0.39 is 0 Å². The SMILES string of the molecule is CCC(CC)N(C)c1cccc(Cl)c1C#N. The lowest BCUT2D eigenvalue weighted by molar-refractivity contribution is 0.591. The average Bonchev–Trinajstić information content (AvgIpc) is 2.30. The zero-order valence-electron chi connectivity index (χ0n) is 10.00. The molecule has 2 nitrogen and oxygen atoms in total. The zero-order valence-corrected chi connectivity index (χ0v) is 10.8. The predicted molar refractivity (Wildman–Crippen MR) is 68.9 cm³/mol. The van der Waals surface area contributed by atoms with Gasteiger partial charge in [-0.15, -0.1) is 0 Å². The molecule has 0 N–H and O–H groups in total. The molecule has 1 aromatic rings. The van der Waals surface area contributed by atoms with E-state index in [2.05, 4.69) is 24.8 Å². The Morgan fingerprint density at radius 1 is 1.38 bits per heavy atom. The van der Waals surface area contributed by atoms with Gasteiger partial charge in [-0.05, 0) is 25.0 Å². The third-order valence-electron chi connectivity index (χ3n) is 2.97. The Bertz CT molecular complexity index is 391. The Morgan fingerprint density at radius 3 is 2.50 bits per heavy atom. The van der Waals surface area contributed by atoms with Crippen LogP contribution in [0.15, 0.2) is 18.2 Å². The van der Waals surface area contributed by atoms with Crippen molar-refractivity contribution < 1.29 is 0 Å². The minimum absolute atomic E-state index is 0.450. The molecule has 1 aromatic carbocycles. The van der Waals surface area contributed by atoms with Gasteiger partial charge < -0.3 is 4.90 Å². The van der Waals surface area contributed by atoms with E-state index in [-0.39, 0.29) is 0 Å². The zero-order chi connectivity index (χ0) is 12.1. The van der Waals surface area contributed by atoms with Gasteiger partial charge in [-0.3, -0.25) is 0 Å². The number of halogens is 1. The monoisotopic (exact) mass is 236 g/mol. The maximum Gasteiger partial charge on any atom is 0.103 e. The van der Waals surface area contributed by atoms with E-state index in [1.807, 2.05) is 19.2 Å². The highest BCUT2D eigenvalue weighted by Gasteiger charge is 2.15. The van der Waals surface area contributed by atoms with Crippen LogP contribution in [0.5, 0.6) is 0 Å². The van der Waals surface area contributed by atoms with Gasteiger partial charge in [-0.25, -0.2) is 0 Å². The molecule has 0 heterocycles. The van der Waals surface area contributed by atoms with E-state index in [0.29, 0.717) is 16.6 Å². The normalized spacial score (nSPS) is 10.2. The number of hydrogen-bond acceptors (Lipinski definition) is 2. The van der Waals surface area contributed by atoms with Crippen LogP contribution in [0, 0.1) is 11.3 Å². The first kappa shape index (κ1) is 12.9. The molecule has 0 bridgehead atoms. The molecule has 0 aliphatic heterocycles. The fourth-order valence-electron chi connectivity index (χ4n) is 1.95. The first-order valence-electron chi connectivity index (χ1n) is 5.57. The van der Waals surface area contributed by atoms with Crippen LogP contribution in [-0.2, 0) is 0 Å². The smallest absolute Gasteiger partial charge is 0.103 e. The van der Waals surface area contributed by atoms with Crippen LogP contribution in [0.3, 0.4) is 0 Å². The van der Waals surface area contributed by atoms with E-state index in [9.17, 15) is 0 Å². The van der Waals surface area contributed by atoms with Gasteiger partial charge in [0.1, 0.15) is 6.07 Å². The number of anilines is 1. The summed E-state index contributed by atoms with van der Waals surface area (Å²) in [5.74, 6) is 0. The van der Waals surface area contributed by atoms with E-state index in [1.165, 1.54) is 0 Å². The van der Waals surface area contributed by atoms with Crippen LogP contribution in [0.25, 0.3) is 0 Å². The molecule has 1 rings (SSSR count). The lowest BCUT2D eigenvalue weighted by Crippen LogP contribution is -2.30. The Kier molecular flexibility index (Phi) is 4.64. The van der Waals surface area contributed by atoms with Gasteiger partial charge in [0.2, 0.25) is 0 Å². The van der Waals surface area contributed by atoms with Crippen molar-refractivity contribution in [2.24, 2.45) is 0 Å². The van der Waals surface area contributed by atoms with Gasteiger partial charge in [0.15, 0.2) is 0 Å². The minimum Gasteiger partial charge on any atom is -0.371 e.